The third-order valence-electron chi connectivity index (χ3n) is 4.61. The number of halogens is 1. The van der Waals surface area contributed by atoms with E-state index in [0.29, 0.717) is 17.9 Å². The number of nitrogens with zero attached hydrogens (tertiary/aromatic N) is 1. The fourth-order valence-electron chi connectivity index (χ4n) is 3.11. The summed E-state index contributed by atoms with van der Waals surface area (Å²) in [5, 5.41) is 4.24. The zero-order chi connectivity index (χ0) is 15.1. The Morgan fingerprint density at radius 3 is 2.64 bits per heavy atom. The quantitative estimate of drug-likeness (QED) is 0.734. The van der Waals surface area contributed by atoms with Gasteiger partial charge in [-0.3, -0.25) is 4.79 Å². The minimum absolute atomic E-state index is 0.195. The molecule has 2 saturated carbocycles. The van der Waals surface area contributed by atoms with Crippen molar-refractivity contribution in [3.05, 3.63) is 56.7 Å². The summed E-state index contributed by atoms with van der Waals surface area (Å²) in [5.74, 6) is 0.978. The molecule has 1 amide bonds. The van der Waals surface area contributed by atoms with Crippen molar-refractivity contribution in [1.29, 1.82) is 0 Å². The van der Waals surface area contributed by atoms with Gasteiger partial charge in [-0.05, 0) is 65.3 Å². The van der Waals surface area contributed by atoms with Crippen LogP contribution in [0.15, 0.2) is 45.6 Å². The lowest BCUT2D eigenvalue weighted by molar-refractivity contribution is -0.133. The number of hydrogen-bond acceptors (Lipinski definition) is 2. The fourth-order valence-corrected chi connectivity index (χ4v) is 4.04. The van der Waals surface area contributed by atoms with Gasteiger partial charge in [-0.25, -0.2) is 0 Å². The molecule has 0 aliphatic heterocycles. The first kappa shape index (κ1) is 14.5. The van der Waals surface area contributed by atoms with E-state index in [1.807, 2.05) is 0 Å². The minimum Gasteiger partial charge on any atom is -0.335 e. The summed E-state index contributed by atoms with van der Waals surface area (Å²) >= 11 is 5.17. The summed E-state index contributed by atoms with van der Waals surface area (Å²) in [4.78, 5) is 15.0. The first-order valence-electron chi connectivity index (χ1n) is 7.79. The summed E-state index contributed by atoms with van der Waals surface area (Å²) in [7, 11) is 0. The Kier molecular flexibility index (Phi) is 3.82. The second kappa shape index (κ2) is 5.82. The molecule has 0 radical (unpaired) electrons. The van der Waals surface area contributed by atoms with Gasteiger partial charge in [0, 0.05) is 23.0 Å². The molecule has 114 valence electrons. The van der Waals surface area contributed by atoms with E-state index in [0.717, 1.165) is 17.4 Å². The van der Waals surface area contributed by atoms with Gasteiger partial charge in [0.2, 0.25) is 5.91 Å². The highest BCUT2D eigenvalue weighted by Gasteiger charge is 2.48. The van der Waals surface area contributed by atoms with E-state index >= 15 is 0 Å². The number of carbonyl (C=O) groups is 1. The molecule has 2 aliphatic carbocycles. The summed E-state index contributed by atoms with van der Waals surface area (Å²) in [6.07, 6.45) is 3.35. The van der Waals surface area contributed by atoms with Crippen molar-refractivity contribution in [3.8, 4) is 0 Å². The molecule has 4 heteroatoms. The summed E-state index contributed by atoms with van der Waals surface area (Å²) in [5.41, 5.74) is 2.57. The van der Waals surface area contributed by atoms with Crippen LogP contribution < -0.4 is 0 Å². The van der Waals surface area contributed by atoms with Gasteiger partial charge in [0.05, 0.1) is 0 Å². The van der Waals surface area contributed by atoms with Crippen LogP contribution in [0.2, 0.25) is 0 Å². The zero-order valence-electron chi connectivity index (χ0n) is 12.2. The van der Waals surface area contributed by atoms with Crippen molar-refractivity contribution in [1.82, 2.24) is 4.90 Å². The number of hydrogen-bond donors (Lipinski definition) is 0. The van der Waals surface area contributed by atoms with Gasteiger partial charge in [0.15, 0.2) is 0 Å². The first-order valence-corrected chi connectivity index (χ1v) is 9.53. The molecule has 0 unspecified atom stereocenters. The lowest BCUT2D eigenvalue weighted by atomic mass is 10.1. The van der Waals surface area contributed by atoms with Crippen LogP contribution in [-0.4, -0.2) is 16.8 Å². The molecule has 0 spiro atoms. The minimum atomic E-state index is 0.195. The Hall–Kier alpha value is -1.13. The number of rotatable bonds is 5. The van der Waals surface area contributed by atoms with E-state index in [9.17, 15) is 4.79 Å². The standard InChI is InChI=1S/C18H18BrNOS/c19-14-3-1-13(2-4-14)16-9-17(16)18(21)20(15-5-6-15)10-12-7-8-22-11-12/h1-4,7-8,11,15-17H,5-6,9-10H2/t16-,17+/m1/s1. The Bertz CT molecular complexity index is 663. The van der Waals surface area contributed by atoms with Crippen LogP contribution in [0.25, 0.3) is 0 Å². The summed E-state index contributed by atoms with van der Waals surface area (Å²) in [6.45, 7) is 0.788. The van der Waals surface area contributed by atoms with Gasteiger partial charge in [-0.15, -0.1) is 0 Å². The molecule has 2 atom stereocenters. The average Bonchev–Trinajstić information content (AvgIpc) is 3.44. The summed E-state index contributed by atoms with van der Waals surface area (Å²) in [6, 6.07) is 11.0. The Labute approximate surface area is 143 Å². The van der Waals surface area contributed by atoms with Gasteiger partial charge in [0.1, 0.15) is 0 Å². The van der Waals surface area contributed by atoms with Crippen molar-refractivity contribution in [3.63, 3.8) is 0 Å². The zero-order valence-corrected chi connectivity index (χ0v) is 14.6. The molecule has 22 heavy (non-hydrogen) atoms. The third-order valence-corrected chi connectivity index (χ3v) is 5.87. The van der Waals surface area contributed by atoms with Crippen LogP contribution >= 0.6 is 27.3 Å². The van der Waals surface area contributed by atoms with Crippen molar-refractivity contribution in [2.45, 2.75) is 37.8 Å². The summed E-state index contributed by atoms with van der Waals surface area (Å²) < 4.78 is 1.09. The van der Waals surface area contributed by atoms with Crippen LogP contribution in [0.5, 0.6) is 0 Å². The van der Waals surface area contributed by atoms with E-state index in [1.54, 1.807) is 11.3 Å². The van der Waals surface area contributed by atoms with Crippen molar-refractivity contribution in [2.24, 2.45) is 5.92 Å². The van der Waals surface area contributed by atoms with E-state index in [2.05, 4.69) is 61.9 Å². The van der Waals surface area contributed by atoms with E-state index < -0.39 is 0 Å². The van der Waals surface area contributed by atoms with Gasteiger partial charge in [0.25, 0.3) is 0 Å². The van der Waals surface area contributed by atoms with Crippen LogP contribution in [0.1, 0.15) is 36.3 Å². The van der Waals surface area contributed by atoms with Crippen molar-refractivity contribution >= 4 is 33.2 Å². The number of thiophene rings is 1. The molecule has 2 fully saturated rings. The monoisotopic (exact) mass is 375 g/mol. The second-order valence-electron chi connectivity index (χ2n) is 6.33. The molecular formula is C18H18BrNOS. The molecule has 1 aromatic carbocycles. The second-order valence-corrected chi connectivity index (χ2v) is 8.02. The largest absolute Gasteiger partial charge is 0.335 e. The first-order chi connectivity index (χ1) is 10.7. The molecule has 0 N–H and O–H groups in total. The smallest absolute Gasteiger partial charge is 0.226 e. The maximum atomic E-state index is 12.9. The van der Waals surface area contributed by atoms with E-state index in [4.69, 9.17) is 0 Å². The van der Waals surface area contributed by atoms with Crippen molar-refractivity contribution < 1.29 is 4.79 Å². The van der Waals surface area contributed by atoms with Gasteiger partial charge >= 0.3 is 0 Å². The highest BCUT2D eigenvalue weighted by Crippen LogP contribution is 2.49. The topological polar surface area (TPSA) is 20.3 Å². The normalized spacial score (nSPS) is 23.3. The molecular weight excluding hydrogens is 358 g/mol. The van der Waals surface area contributed by atoms with Gasteiger partial charge in [-0.1, -0.05) is 28.1 Å². The molecule has 2 aliphatic rings. The van der Waals surface area contributed by atoms with Crippen LogP contribution in [0.3, 0.4) is 0 Å². The molecule has 2 aromatic rings. The van der Waals surface area contributed by atoms with Crippen molar-refractivity contribution in [2.75, 3.05) is 0 Å². The third kappa shape index (κ3) is 2.99. The van der Waals surface area contributed by atoms with Crippen LogP contribution in [0.4, 0.5) is 0 Å². The highest BCUT2D eigenvalue weighted by atomic mass is 79.9. The van der Waals surface area contributed by atoms with Gasteiger partial charge in [-0.2, -0.15) is 11.3 Å². The maximum Gasteiger partial charge on any atom is 0.226 e. The maximum absolute atomic E-state index is 12.9. The Balaban J connectivity index is 1.45. The average molecular weight is 376 g/mol. The number of carbonyl (C=O) groups excluding carboxylic acids is 1. The lowest BCUT2D eigenvalue weighted by Crippen LogP contribution is -2.34. The van der Waals surface area contributed by atoms with E-state index in [1.165, 1.54) is 24.0 Å². The molecule has 1 heterocycles. The molecule has 0 saturated heterocycles. The number of amides is 1. The Morgan fingerprint density at radius 1 is 1.23 bits per heavy atom. The van der Waals surface area contributed by atoms with E-state index in [-0.39, 0.29) is 5.92 Å². The Morgan fingerprint density at radius 2 is 2.00 bits per heavy atom. The predicted molar refractivity (Wildman–Crippen MR) is 92.9 cm³/mol. The van der Waals surface area contributed by atoms with Crippen LogP contribution in [-0.2, 0) is 11.3 Å². The molecule has 1 aromatic heterocycles. The lowest BCUT2D eigenvalue weighted by Gasteiger charge is -2.22. The number of benzene rings is 1. The SMILES string of the molecule is O=C([C@H]1C[C@@H]1c1ccc(Br)cc1)N(Cc1ccsc1)C1CC1. The molecule has 4 rings (SSSR count). The molecule has 0 bridgehead atoms. The van der Waals surface area contributed by atoms with Gasteiger partial charge < -0.3 is 4.90 Å². The predicted octanol–water partition coefficient (Wildman–Crippen LogP) is 4.81. The fraction of sp³-hybridized carbons (Fsp3) is 0.389. The molecule has 2 nitrogen and oxygen atoms in total. The highest BCUT2D eigenvalue weighted by molar-refractivity contribution is 9.10. The van der Waals surface area contributed by atoms with Crippen LogP contribution in [0, 0.1) is 5.92 Å².